The summed E-state index contributed by atoms with van der Waals surface area (Å²) in [5, 5.41) is 10.9. The molecule has 1 aliphatic carbocycles. The van der Waals surface area contributed by atoms with Gasteiger partial charge < -0.3 is 0 Å². The summed E-state index contributed by atoms with van der Waals surface area (Å²) in [6, 6.07) is 1.59. The van der Waals surface area contributed by atoms with Crippen LogP contribution in [0.3, 0.4) is 0 Å². The van der Waals surface area contributed by atoms with E-state index in [2.05, 4.69) is 4.98 Å². The fraction of sp³-hybridized carbons (Fsp3) is 0.333. The predicted molar refractivity (Wildman–Crippen MR) is 62.3 cm³/mol. The molecule has 1 atom stereocenters. The van der Waals surface area contributed by atoms with Gasteiger partial charge in [-0.05, 0) is 30.1 Å². The monoisotopic (exact) mass is 232 g/mol. The maximum Gasteiger partial charge on any atom is 0.294 e. The van der Waals surface area contributed by atoms with Crippen LogP contribution in [0.4, 0.5) is 5.69 Å². The van der Waals surface area contributed by atoms with Crippen LogP contribution in [0.2, 0.25) is 0 Å². The first kappa shape index (κ1) is 11.4. The molecule has 1 aliphatic rings. The van der Waals surface area contributed by atoms with Crippen molar-refractivity contribution in [3.05, 3.63) is 40.2 Å². The minimum absolute atomic E-state index is 0.0323. The molecule has 1 aromatic rings. The Balaban J connectivity index is 2.47. The number of pyridine rings is 1. The van der Waals surface area contributed by atoms with Gasteiger partial charge in [-0.3, -0.25) is 19.9 Å². The Labute approximate surface area is 98.3 Å². The topological polar surface area (TPSA) is 73.1 Å². The summed E-state index contributed by atoms with van der Waals surface area (Å²) in [4.78, 5) is 25.6. The Morgan fingerprint density at radius 2 is 2.24 bits per heavy atom. The lowest BCUT2D eigenvalue weighted by Crippen LogP contribution is -2.11. The highest BCUT2D eigenvalue weighted by molar-refractivity contribution is 5.99. The van der Waals surface area contributed by atoms with Gasteiger partial charge in [-0.25, -0.2) is 0 Å². The normalized spacial score (nSPS) is 19.9. The minimum Gasteiger partial charge on any atom is -0.295 e. The number of hydrogen-bond acceptors (Lipinski definition) is 4. The van der Waals surface area contributed by atoms with E-state index >= 15 is 0 Å². The third kappa shape index (κ3) is 2.38. The molecule has 0 amide bonds. The van der Waals surface area contributed by atoms with E-state index in [1.165, 1.54) is 18.5 Å². The number of carbonyl (C=O) groups excluding carboxylic acids is 1. The van der Waals surface area contributed by atoms with E-state index in [0.717, 1.165) is 5.57 Å². The van der Waals surface area contributed by atoms with Crippen molar-refractivity contribution in [1.29, 1.82) is 0 Å². The lowest BCUT2D eigenvalue weighted by atomic mass is 9.86. The van der Waals surface area contributed by atoms with Crippen LogP contribution in [0.15, 0.2) is 24.5 Å². The van der Waals surface area contributed by atoms with Crippen molar-refractivity contribution in [1.82, 2.24) is 4.98 Å². The molecule has 0 radical (unpaired) electrons. The van der Waals surface area contributed by atoms with Crippen molar-refractivity contribution in [3.8, 4) is 0 Å². The van der Waals surface area contributed by atoms with Crippen LogP contribution in [-0.4, -0.2) is 15.7 Å². The second-order valence-corrected chi connectivity index (χ2v) is 4.30. The molecule has 0 aromatic carbocycles. The molecule has 0 aliphatic heterocycles. The highest BCUT2D eigenvalue weighted by Crippen LogP contribution is 2.33. The van der Waals surface area contributed by atoms with Crippen molar-refractivity contribution in [3.63, 3.8) is 0 Å². The Hall–Kier alpha value is -2.04. The van der Waals surface area contributed by atoms with Crippen LogP contribution in [0.1, 0.15) is 25.3 Å². The van der Waals surface area contributed by atoms with E-state index in [-0.39, 0.29) is 17.4 Å². The first-order valence-electron chi connectivity index (χ1n) is 5.40. The molecule has 1 heterocycles. The van der Waals surface area contributed by atoms with Gasteiger partial charge in [0.2, 0.25) is 0 Å². The Bertz CT molecular complexity index is 508. The molecular formula is C12H12N2O3. The second kappa shape index (κ2) is 4.45. The first-order valence-corrected chi connectivity index (χ1v) is 5.40. The van der Waals surface area contributed by atoms with Crippen molar-refractivity contribution >= 4 is 17.0 Å². The van der Waals surface area contributed by atoms with Crippen LogP contribution < -0.4 is 0 Å². The highest BCUT2D eigenvalue weighted by atomic mass is 16.6. The van der Waals surface area contributed by atoms with Gasteiger partial charge in [0.25, 0.3) is 5.69 Å². The Morgan fingerprint density at radius 3 is 2.88 bits per heavy atom. The number of allylic oxidation sites excluding steroid dienone is 2. The number of aromatic nitrogens is 1. The van der Waals surface area contributed by atoms with Gasteiger partial charge in [-0.15, -0.1) is 0 Å². The van der Waals surface area contributed by atoms with Gasteiger partial charge in [-0.1, -0.05) is 6.92 Å². The highest BCUT2D eigenvalue weighted by Gasteiger charge is 2.23. The molecule has 0 bridgehead atoms. The zero-order chi connectivity index (χ0) is 12.4. The zero-order valence-electron chi connectivity index (χ0n) is 9.42. The van der Waals surface area contributed by atoms with E-state index in [1.54, 1.807) is 6.07 Å². The zero-order valence-corrected chi connectivity index (χ0v) is 9.42. The summed E-state index contributed by atoms with van der Waals surface area (Å²) in [6.45, 7) is 1.97. The SMILES string of the molecule is C[C@H]1CC(=O)C=C(c2ccncc2[N+](=O)[O-])C1. The second-order valence-electron chi connectivity index (χ2n) is 4.30. The maximum atomic E-state index is 11.5. The molecule has 2 rings (SSSR count). The minimum atomic E-state index is -0.465. The third-order valence-corrected chi connectivity index (χ3v) is 2.80. The van der Waals surface area contributed by atoms with Crippen LogP contribution >= 0.6 is 0 Å². The summed E-state index contributed by atoms with van der Waals surface area (Å²) >= 11 is 0. The van der Waals surface area contributed by atoms with Gasteiger partial charge in [-0.2, -0.15) is 0 Å². The van der Waals surface area contributed by atoms with E-state index in [9.17, 15) is 14.9 Å². The fourth-order valence-electron chi connectivity index (χ4n) is 2.09. The van der Waals surface area contributed by atoms with Crippen molar-refractivity contribution in [2.45, 2.75) is 19.8 Å². The van der Waals surface area contributed by atoms with Crippen LogP contribution in [0, 0.1) is 16.0 Å². The molecule has 17 heavy (non-hydrogen) atoms. The third-order valence-electron chi connectivity index (χ3n) is 2.80. The molecule has 0 saturated carbocycles. The largest absolute Gasteiger partial charge is 0.295 e. The summed E-state index contributed by atoms with van der Waals surface area (Å²) in [7, 11) is 0. The lowest BCUT2D eigenvalue weighted by molar-refractivity contribution is -0.385. The number of nitro groups is 1. The number of rotatable bonds is 2. The fourth-order valence-corrected chi connectivity index (χ4v) is 2.09. The smallest absolute Gasteiger partial charge is 0.294 e. The lowest BCUT2D eigenvalue weighted by Gasteiger charge is -2.18. The molecule has 0 N–H and O–H groups in total. The van der Waals surface area contributed by atoms with E-state index in [1.807, 2.05) is 6.92 Å². The molecule has 0 spiro atoms. The summed E-state index contributed by atoms with van der Waals surface area (Å²) in [6.07, 6.45) is 5.45. The predicted octanol–water partition coefficient (Wildman–Crippen LogP) is 2.37. The average Bonchev–Trinajstić information content (AvgIpc) is 2.27. The van der Waals surface area contributed by atoms with Gasteiger partial charge in [0.1, 0.15) is 6.20 Å². The standard InChI is InChI=1S/C12H12N2O3/c1-8-4-9(6-10(15)5-8)11-2-3-13-7-12(11)14(16)17/h2-3,6-8H,4-5H2,1H3/t8-/m1/s1. The van der Waals surface area contributed by atoms with Crippen LogP contribution in [0.25, 0.3) is 5.57 Å². The molecule has 1 aromatic heterocycles. The first-order chi connectivity index (χ1) is 8.08. The molecule has 5 heteroatoms. The van der Waals surface area contributed by atoms with Crippen molar-refractivity contribution in [2.24, 2.45) is 5.92 Å². The number of nitrogens with zero attached hydrogens (tertiary/aromatic N) is 2. The van der Waals surface area contributed by atoms with E-state index in [0.29, 0.717) is 18.4 Å². The number of carbonyl (C=O) groups is 1. The van der Waals surface area contributed by atoms with E-state index in [4.69, 9.17) is 0 Å². The van der Waals surface area contributed by atoms with Crippen LogP contribution in [-0.2, 0) is 4.79 Å². The molecule has 88 valence electrons. The van der Waals surface area contributed by atoms with Gasteiger partial charge in [0.05, 0.1) is 10.5 Å². The van der Waals surface area contributed by atoms with Crippen molar-refractivity contribution < 1.29 is 9.72 Å². The summed E-state index contributed by atoms with van der Waals surface area (Å²) in [5.41, 5.74) is 1.20. The maximum absolute atomic E-state index is 11.5. The molecule has 5 nitrogen and oxygen atoms in total. The average molecular weight is 232 g/mol. The number of ketones is 1. The van der Waals surface area contributed by atoms with Gasteiger partial charge in [0.15, 0.2) is 5.78 Å². The summed E-state index contributed by atoms with van der Waals surface area (Å²) < 4.78 is 0. The van der Waals surface area contributed by atoms with Gasteiger partial charge >= 0.3 is 0 Å². The number of hydrogen-bond donors (Lipinski definition) is 0. The summed E-state index contributed by atoms with van der Waals surface area (Å²) in [5.74, 6) is 0.264. The molecular weight excluding hydrogens is 220 g/mol. The molecule has 0 saturated heterocycles. The van der Waals surface area contributed by atoms with Crippen molar-refractivity contribution in [2.75, 3.05) is 0 Å². The molecule has 0 fully saturated rings. The Kier molecular flexibility index (Phi) is 2.99. The van der Waals surface area contributed by atoms with Gasteiger partial charge in [0, 0.05) is 12.6 Å². The van der Waals surface area contributed by atoms with E-state index < -0.39 is 4.92 Å². The quantitative estimate of drug-likeness (QED) is 0.579. The Morgan fingerprint density at radius 1 is 1.47 bits per heavy atom. The van der Waals surface area contributed by atoms with Crippen LogP contribution in [0.5, 0.6) is 0 Å². The molecule has 0 unspecified atom stereocenters.